The number of β-amino-alcohol motifs (C(OH)–C–C–N with tert-alkyl or cyclic N) is 1. The zero-order valence-corrected chi connectivity index (χ0v) is 12.4. The van der Waals surface area contributed by atoms with E-state index in [9.17, 15) is 9.90 Å². The minimum Gasteiger partial charge on any atom is -0.390 e. The first-order valence-electron chi connectivity index (χ1n) is 7.23. The summed E-state index contributed by atoms with van der Waals surface area (Å²) in [5, 5.41) is 19.3. The van der Waals surface area contributed by atoms with Crippen LogP contribution >= 0.6 is 0 Å². The summed E-state index contributed by atoms with van der Waals surface area (Å²) in [5.74, 6) is -0.249. The summed E-state index contributed by atoms with van der Waals surface area (Å²) < 4.78 is 0. The van der Waals surface area contributed by atoms with Gasteiger partial charge in [0.15, 0.2) is 0 Å². The van der Waals surface area contributed by atoms with Gasteiger partial charge in [-0.1, -0.05) is 6.07 Å². The summed E-state index contributed by atoms with van der Waals surface area (Å²) in [6.07, 6.45) is 4.59. The van der Waals surface area contributed by atoms with Crippen molar-refractivity contribution in [2.75, 3.05) is 13.1 Å². The molecule has 22 heavy (non-hydrogen) atoms. The highest BCUT2D eigenvalue weighted by Gasteiger charge is 2.32. The number of carbonyl (C=O) groups excluding carboxylic acids is 1. The average molecular weight is 301 g/mol. The Hall–Kier alpha value is -2.25. The van der Waals surface area contributed by atoms with Gasteiger partial charge in [-0.15, -0.1) is 0 Å². The van der Waals surface area contributed by atoms with Crippen molar-refractivity contribution < 1.29 is 9.90 Å². The molecule has 116 valence electrons. The third-order valence-electron chi connectivity index (χ3n) is 3.76. The Balaban J connectivity index is 1.58. The second-order valence-corrected chi connectivity index (χ2v) is 5.68. The molecule has 1 aliphatic rings. The number of nitrogens with one attached hydrogen (secondary N) is 2. The number of nitrogens with zero attached hydrogens (tertiary/aromatic N) is 3. The third kappa shape index (κ3) is 3.32. The number of aliphatic hydroxyl groups excluding tert-OH is 1. The lowest BCUT2D eigenvalue weighted by atomic mass is 10.2. The van der Waals surface area contributed by atoms with E-state index in [1.807, 2.05) is 19.3 Å². The van der Waals surface area contributed by atoms with Crippen molar-refractivity contribution in [1.82, 2.24) is 25.4 Å². The molecule has 3 rings (SSSR count). The van der Waals surface area contributed by atoms with Crippen molar-refractivity contribution in [2.24, 2.45) is 0 Å². The Morgan fingerprint density at radius 2 is 2.36 bits per heavy atom. The third-order valence-corrected chi connectivity index (χ3v) is 3.76. The van der Waals surface area contributed by atoms with Gasteiger partial charge in [-0.2, -0.15) is 5.10 Å². The van der Waals surface area contributed by atoms with Gasteiger partial charge in [-0.3, -0.25) is 19.8 Å². The van der Waals surface area contributed by atoms with E-state index >= 15 is 0 Å². The molecule has 2 aromatic heterocycles. The van der Waals surface area contributed by atoms with E-state index in [0.29, 0.717) is 25.3 Å². The van der Waals surface area contributed by atoms with Gasteiger partial charge in [0.25, 0.3) is 5.91 Å². The van der Waals surface area contributed by atoms with Crippen molar-refractivity contribution in [3.8, 4) is 0 Å². The first kappa shape index (κ1) is 14.7. The van der Waals surface area contributed by atoms with E-state index in [-0.39, 0.29) is 11.9 Å². The molecule has 3 N–H and O–H groups in total. The lowest BCUT2D eigenvalue weighted by Crippen LogP contribution is -2.43. The minimum absolute atomic E-state index is 0.249. The van der Waals surface area contributed by atoms with E-state index in [0.717, 1.165) is 11.1 Å². The Morgan fingerprint density at radius 1 is 1.50 bits per heavy atom. The molecule has 0 radical (unpaired) electrons. The number of aromatic amines is 1. The predicted octanol–water partition coefficient (Wildman–Crippen LogP) is 0.0882. The van der Waals surface area contributed by atoms with Crippen molar-refractivity contribution in [2.45, 2.75) is 25.6 Å². The van der Waals surface area contributed by atoms with E-state index in [4.69, 9.17) is 0 Å². The molecule has 7 nitrogen and oxygen atoms in total. The highest BCUT2D eigenvalue weighted by atomic mass is 16.3. The van der Waals surface area contributed by atoms with Crippen LogP contribution < -0.4 is 5.32 Å². The minimum atomic E-state index is -0.579. The molecule has 0 unspecified atom stereocenters. The number of amides is 1. The van der Waals surface area contributed by atoms with Crippen LogP contribution in [-0.2, 0) is 6.54 Å². The number of carbonyl (C=O) groups is 1. The van der Waals surface area contributed by atoms with Gasteiger partial charge in [0.2, 0.25) is 0 Å². The van der Waals surface area contributed by atoms with Crippen LogP contribution in [0, 0.1) is 6.92 Å². The number of hydrogen-bond acceptors (Lipinski definition) is 5. The van der Waals surface area contributed by atoms with Gasteiger partial charge in [0.05, 0.1) is 12.1 Å². The number of pyridine rings is 1. The van der Waals surface area contributed by atoms with Gasteiger partial charge in [-0.05, 0) is 24.1 Å². The van der Waals surface area contributed by atoms with Crippen LogP contribution in [-0.4, -0.2) is 56.3 Å². The molecule has 2 aromatic rings. The van der Waals surface area contributed by atoms with Crippen molar-refractivity contribution in [3.63, 3.8) is 0 Å². The lowest BCUT2D eigenvalue weighted by molar-refractivity contribution is 0.0883. The average Bonchev–Trinajstić information content (AvgIpc) is 3.10. The maximum absolute atomic E-state index is 12.0. The van der Waals surface area contributed by atoms with Crippen LogP contribution in [0.1, 0.15) is 21.6 Å². The Bertz CT molecular complexity index is 643. The Kier molecular flexibility index (Phi) is 4.17. The molecule has 1 aliphatic heterocycles. The molecule has 3 heterocycles. The summed E-state index contributed by atoms with van der Waals surface area (Å²) >= 11 is 0. The number of likely N-dealkylation sites (tertiary alicyclic amines) is 1. The Labute approximate surface area is 128 Å². The molecule has 7 heteroatoms. The number of aliphatic hydroxyl groups is 1. The monoisotopic (exact) mass is 301 g/mol. The molecular weight excluding hydrogens is 282 g/mol. The fourth-order valence-corrected chi connectivity index (χ4v) is 2.73. The van der Waals surface area contributed by atoms with Gasteiger partial charge in [0.1, 0.15) is 5.69 Å². The largest absolute Gasteiger partial charge is 0.390 e. The zero-order chi connectivity index (χ0) is 15.5. The summed E-state index contributed by atoms with van der Waals surface area (Å²) in [4.78, 5) is 18.3. The van der Waals surface area contributed by atoms with Crippen molar-refractivity contribution in [1.29, 1.82) is 0 Å². The fourth-order valence-electron chi connectivity index (χ4n) is 2.73. The molecule has 0 aliphatic carbocycles. The van der Waals surface area contributed by atoms with Gasteiger partial charge in [-0.25, -0.2) is 0 Å². The second-order valence-electron chi connectivity index (χ2n) is 5.68. The molecule has 2 atom stereocenters. The molecule has 1 saturated heterocycles. The number of aryl methyl sites for hydroxylation is 1. The maximum atomic E-state index is 12.0. The summed E-state index contributed by atoms with van der Waals surface area (Å²) in [6.45, 7) is 3.85. The lowest BCUT2D eigenvalue weighted by Gasteiger charge is -2.16. The van der Waals surface area contributed by atoms with Crippen LogP contribution in [0.5, 0.6) is 0 Å². The predicted molar refractivity (Wildman–Crippen MR) is 80.1 cm³/mol. The van der Waals surface area contributed by atoms with Crippen LogP contribution in [0.15, 0.2) is 30.7 Å². The number of rotatable bonds is 4. The smallest absolute Gasteiger partial charge is 0.269 e. The molecule has 0 bridgehead atoms. The zero-order valence-electron chi connectivity index (χ0n) is 12.4. The summed E-state index contributed by atoms with van der Waals surface area (Å²) in [6, 6.07) is 3.40. The quantitative estimate of drug-likeness (QED) is 0.744. The van der Waals surface area contributed by atoms with Gasteiger partial charge < -0.3 is 10.4 Å². The molecule has 0 saturated carbocycles. The SMILES string of the molecule is Cc1cncc(CN2C[C@@H](O)[C@H](NC(=O)c3ccn[nH]3)C2)c1. The van der Waals surface area contributed by atoms with Gasteiger partial charge >= 0.3 is 0 Å². The van der Waals surface area contributed by atoms with E-state index in [1.54, 1.807) is 6.07 Å². The summed E-state index contributed by atoms with van der Waals surface area (Å²) in [5.41, 5.74) is 2.61. The second kappa shape index (κ2) is 6.25. The molecule has 1 amide bonds. The van der Waals surface area contributed by atoms with Crippen molar-refractivity contribution in [3.05, 3.63) is 47.5 Å². The van der Waals surface area contributed by atoms with Crippen molar-refractivity contribution >= 4 is 5.91 Å². The Morgan fingerprint density at radius 3 is 3.09 bits per heavy atom. The molecule has 1 fully saturated rings. The van der Waals surface area contributed by atoms with Crippen LogP contribution in [0.25, 0.3) is 0 Å². The van der Waals surface area contributed by atoms with Gasteiger partial charge in [0, 0.05) is 38.2 Å². The maximum Gasteiger partial charge on any atom is 0.269 e. The first-order valence-corrected chi connectivity index (χ1v) is 7.23. The van der Waals surface area contributed by atoms with E-state index in [2.05, 4.69) is 31.5 Å². The standard InChI is InChI=1S/C15H19N5O2/c1-10-4-11(6-16-5-10)7-20-8-13(14(21)9-20)18-15(22)12-2-3-17-19-12/h2-6,13-14,21H,7-9H2,1H3,(H,17,19)(H,18,22)/t13-,14-/m1/s1. The van der Waals surface area contributed by atoms with E-state index < -0.39 is 6.10 Å². The molecule has 0 aromatic carbocycles. The number of aromatic nitrogens is 3. The number of H-pyrrole nitrogens is 1. The normalized spacial score (nSPS) is 21.9. The topological polar surface area (TPSA) is 94.1 Å². The molecular formula is C15H19N5O2. The highest BCUT2D eigenvalue weighted by molar-refractivity contribution is 5.92. The molecule has 0 spiro atoms. The van der Waals surface area contributed by atoms with Crippen LogP contribution in [0.4, 0.5) is 0 Å². The number of hydrogen-bond donors (Lipinski definition) is 3. The fraction of sp³-hybridized carbons (Fsp3) is 0.400. The first-order chi connectivity index (χ1) is 10.6. The highest BCUT2D eigenvalue weighted by Crippen LogP contribution is 2.15. The van der Waals surface area contributed by atoms with E-state index in [1.165, 1.54) is 6.20 Å². The van der Waals surface area contributed by atoms with Crippen LogP contribution in [0.2, 0.25) is 0 Å². The summed E-state index contributed by atoms with van der Waals surface area (Å²) in [7, 11) is 0. The van der Waals surface area contributed by atoms with Crippen LogP contribution in [0.3, 0.4) is 0 Å².